The molecule has 19 atom stereocenters. The standard InChI is InChI=1S/C41H61NO10/c1-20-11-27-5-7-31-21(2)12-29(46-31)9-10-41-18-34-37(51-41)38-39(50-34)40(52-41)36-32(49-38)8-6-28(48-36)16-25(43)17-30-23(15-33(47-27)22(20)3)13-24(35(30)45-4)14-26(44)19-42/h20,23-24,26-40,44H,2-3,5-19,42H2,1,4H3/t20-,23+,24-,26+,27+,28-,29+,30+,31?,32+,33?,34-,35+,36+,37+,38+,39-,40+,41+/m1/s1. The number of carbonyl (C=O) groups excluding carboxylic acids is 1. The lowest BCUT2D eigenvalue weighted by Crippen LogP contribution is -2.61. The smallest absolute Gasteiger partial charge is 0.172 e. The number of hydrogen-bond acceptors (Lipinski definition) is 11. The Kier molecular flexibility index (Phi) is 10.0. The fourth-order valence-electron chi connectivity index (χ4n) is 12.0. The predicted molar refractivity (Wildman–Crippen MR) is 189 cm³/mol. The maximum atomic E-state index is 14.1. The van der Waals surface area contributed by atoms with Crippen molar-refractivity contribution in [3.05, 3.63) is 24.3 Å². The van der Waals surface area contributed by atoms with Crippen molar-refractivity contribution in [3.8, 4) is 0 Å². The molecule has 290 valence electrons. The van der Waals surface area contributed by atoms with Crippen molar-refractivity contribution >= 4 is 5.78 Å². The Hall–Kier alpha value is -1.25. The van der Waals surface area contributed by atoms with Gasteiger partial charge in [0.15, 0.2) is 5.79 Å². The van der Waals surface area contributed by atoms with Gasteiger partial charge in [-0.2, -0.15) is 0 Å². The highest BCUT2D eigenvalue weighted by Gasteiger charge is 2.68. The van der Waals surface area contributed by atoms with Crippen LogP contribution in [0.25, 0.3) is 0 Å². The fourth-order valence-corrected chi connectivity index (χ4v) is 12.0. The zero-order chi connectivity index (χ0) is 35.9. The molecular formula is C41H61NO10. The molecular weight excluding hydrogens is 666 g/mol. The molecule has 52 heavy (non-hydrogen) atoms. The number of rotatable bonds is 4. The van der Waals surface area contributed by atoms with E-state index in [1.165, 1.54) is 0 Å². The number of carbonyl (C=O) groups is 1. The van der Waals surface area contributed by atoms with Crippen molar-refractivity contribution in [1.82, 2.24) is 0 Å². The van der Waals surface area contributed by atoms with Crippen molar-refractivity contribution < 1.29 is 47.8 Å². The molecule has 0 aromatic carbocycles. The van der Waals surface area contributed by atoms with Gasteiger partial charge in [0.2, 0.25) is 0 Å². The first kappa shape index (κ1) is 36.4. The molecule has 11 nitrogen and oxygen atoms in total. The summed E-state index contributed by atoms with van der Waals surface area (Å²) in [5.74, 6) is 0.0391. The van der Waals surface area contributed by atoms with Gasteiger partial charge in [-0.05, 0) is 99.0 Å². The van der Waals surface area contributed by atoms with Crippen LogP contribution < -0.4 is 5.73 Å². The van der Waals surface area contributed by atoms with Crippen molar-refractivity contribution in [3.63, 3.8) is 0 Å². The Morgan fingerprint density at radius 3 is 2.40 bits per heavy atom. The average molecular weight is 728 g/mol. The largest absolute Gasteiger partial charge is 0.392 e. The number of hydrogen-bond donors (Lipinski definition) is 2. The normalized spacial score (nSPS) is 52.4. The topological polar surface area (TPSA) is 137 Å². The van der Waals surface area contributed by atoms with Gasteiger partial charge >= 0.3 is 0 Å². The van der Waals surface area contributed by atoms with Crippen LogP contribution in [0.15, 0.2) is 24.3 Å². The number of nitrogens with two attached hydrogens (primary N) is 1. The molecule has 0 radical (unpaired) electrons. The maximum Gasteiger partial charge on any atom is 0.172 e. The van der Waals surface area contributed by atoms with E-state index < -0.39 is 11.9 Å². The molecule has 1 aliphatic carbocycles. The maximum absolute atomic E-state index is 14.1. The van der Waals surface area contributed by atoms with Gasteiger partial charge in [-0.3, -0.25) is 4.79 Å². The number of ketones is 1. The summed E-state index contributed by atoms with van der Waals surface area (Å²) >= 11 is 0. The Balaban J connectivity index is 0.994. The van der Waals surface area contributed by atoms with Gasteiger partial charge in [-0.1, -0.05) is 20.1 Å². The van der Waals surface area contributed by atoms with Crippen LogP contribution >= 0.6 is 0 Å². The van der Waals surface area contributed by atoms with Crippen LogP contribution in [-0.4, -0.2) is 116 Å². The summed E-state index contributed by atoms with van der Waals surface area (Å²) in [6.07, 6.45) is 7.99. The van der Waals surface area contributed by atoms with E-state index in [1.54, 1.807) is 7.11 Å². The highest BCUT2D eigenvalue weighted by molar-refractivity contribution is 5.79. The molecule has 10 rings (SSSR count). The van der Waals surface area contributed by atoms with Crippen molar-refractivity contribution in [2.45, 2.75) is 188 Å². The number of aliphatic hydroxyl groups is 1. The quantitative estimate of drug-likeness (QED) is 0.401. The predicted octanol–water partition coefficient (Wildman–Crippen LogP) is 4.31. The third-order valence-corrected chi connectivity index (χ3v) is 14.6. The summed E-state index contributed by atoms with van der Waals surface area (Å²) in [6, 6.07) is 0. The second-order valence-corrected chi connectivity index (χ2v) is 18.0. The number of methoxy groups -OCH3 is 1. The monoisotopic (exact) mass is 727 g/mol. The molecule has 1 spiro atoms. The van der Waals surface area contributed by atoms with Gasteiger partial charge < -0.3 is 48.7 Å². The Morgan fingerprint density at radius 2 is 1.58 bits per heavy atom. The molecule has 10 aliphatic rings. The molecule has 9 heterocycles. The zero-order valence-electron chi connectivity index (χ0n) is 31.1. The van der Waals surface area contributed by atoms with Crippen LogP contribution in [0, 0.1) is 23.7 Å². The SMILES string of the molecule is C=C1C[C@@H]2CC[C@@]34C[C@H]5O[C@H]6[C@@H](O3)[C@H]3O[C@H](CC[C@@H]3O[C@H]6[C@H]5O4)CC(=O)C[C@H]3[C@H](CC4O[C@@H](CCC1O2)C[C@@H](C)C4=C)C[C@H](C[C@H](O)CN)[C@@H]3OC. The van der Waals surface area contributed by atoms with E-state index in [2.05, 4.69) is 20.1 Å². The van der Waals surface area contributed by atoms with Crippen LogP contribution in [0.2, 0.25) is 0 Å². The minimum absolute atomic E-state index is 0.00232. The van der Waals surface area contributed by atoms with Crippen LogP contribution in [-0.2, 0) is 42.7 Å². The summed E-state index contributed by atoms with van der Waals surface area (Å²) in [4.78, 5) is 14.1. The molecule has 0 aromatic rings. The van der Waals surface area contributed by atoms with Gasteiger partial charge in [0.1, 0.15) is 36.3 Å². The van der Waals surface area contributed by atoms with E-state index in [9.17, 15) is 9.90 Å². The molecule has 9 saturated heterocycles. The van der Waals surface area contributed by atoms with Gasteiger partial charge in [-0.15, -0.1) is 0 Å². The minimum Gasteiger partial charge on any atom is -0.392 e. The van der Waals surface area contributed by atoms with Crippen LogP contribution in [0.5, 0.6) is 0 Å². The van der Waals surface area contributed by atoms with E-state index >= 15 is 0 Å². The van der Waals surface area contributed by atoms with Gasteiger partial charge in [0.25, 0.3) is 0 Å². The lowest BCUT2D eigenvalue weighted by atomic mass is 9.79. The first-order chi connectivity index (χ1) is 25.1. The molecule has 3 N–H and O–H groups in total. The van der Waals surface area contributed by atoms with Gasteiger partial charge in [0.05, 0.1) is 54.9 Å². The molecule has 11 heteroatoms. The molecule has 0 amide bonds. The lowest BCUT2D eigenvalue weighted by Gasteiger charge is -2.47. The second-order valence-electron chi connectivity index (χ2n) is 18.0. The molecule has 1 saturated carbocycles. The number of fused-ring (bicyclic) bond motifs is 6. The Labute approximate surface area is 308 Å². The summed E-state index contributed by atoms with van der Waals surface area (Å²) in [5.41, 5.74) is 8.17. The van der Waals surface area contributed by atoms with Crippen LogP contribution in [0.4, 0.5) is 0 Å². The van der Waals surface area contributed by atoms with E-state index in [0.29, 0.717) is 38.0 Å². The summed E-state index contributed by atoms with van der Waals surface area (Å²) < 4.78 is 53.6. The van der Waals surface area contributed by atoms with Gasteiger partial charge in [-0.25, -0.2) is 0 Å². The van der Waals surface area contributed by atoms with E-state index in [0.717, 1.165) is 68.9 Å². The van der Waals surface area contributed by atoms with E-state index in [-0.39, 0.29) is 109 Å². The summed E-state index contributed by atoms with van der Waals surface area (Å²) in [7, 11) is 1.74. The summed E-state index contributed by atoms with van der Waals surface area (Å²) in [6.45, 7) is 11.4. The minimum atomic E-state index is -0.766. The Bertz CT molecular complexity index is 1380. The second kappa shape index (κ2) is 14.4. The molecule has 10 fully saturated rings. The number of ether oxygens (including phenoxy) is 8. The highest BCUT2D eigenvalue weighted by Crippen LogP contribution is 2.55. The number of Topliss-reactive ketones (excluding diaryl/α,β-unsaturated/α-hetero) is 1. The summed E-state index contributed by atoms with van der Waals surface area (Å²) in [5, 5.41) is 10.6. The zero-order valence-corrected chi connectivity index (χ0v) is 31.1. The van der Waals surface area contributed by atoms with Gasteiger partial charge in [0, 0.05) is 39.3 Å². The molecule has 9 aliphatic heterocycles. The third kappa shape index (κ3) is 6.60. The lowest BCUT2D eigenvalue weighted by molar-refractivity contribution is -0.292. The fraction of sp³-hybridized carbons (Fsp3) is 0.878. The van der Waals surface area contributed by atoms with E-state index in [1.807, 2.05) is 0 Å². The highest BCUT2D eigenvalue weighted by atomic mass is 16.8. The molecule has 2 unspecified atom stereocenters. The van der Waals surface area contributed by atoms with Crippen LogP contribution in [0.3, 0.4) is 0 Å². The molecule has 0 aromatic heterocycles. The van der Waals surface area contributed by atoms with Crippen molar-refractivity contribution in [1.29, 1.82) is 0 Å². The van der Waals surface area contributed by atoms with Crippen molar-refractivity contribution in [2.24, 2.45) is 29.4 Å². The Morgan fingerprint density at radius 1 is 0.827 bits per heavy atom. The van der Waals surface area contributed by atoms with E-state index in [4.69, 9.17) is 43.6 Å². The first-order valence-corrected chi connectivity index (χ1v) is 20.5. The van der Waals surface area contributed by atoms with Crippen molar-refractivity contribution in [2.75, 3.05) is 13.7 Å². The van der Waals surface area contributed by atoms with Crippen LogP contribution in [0.1, 0.15) is 96.8 Å². The first-order valence-electron chi connectivity index (χ1n) is 20.5. The number of aliphatic hydroxyl groups excluding tert-OH is 1. The average Bonchev–Trinajstić information content (AvgIpc) is 3.79. The molecule has 12 bridgehead atoms. The third-order valence-electron chi connectivity index (χ3n) is 14.6.